The third-order valence-electron chi connectivity index (χ3n) is 3.97. The fraction of sp³-hybridized carbons (Fsp3) is 0.176. The normalized spacial score (nSPS) is 10.8. The van der Waals surface area contributed by atoms with Crippen LogP contribution >= 0.6 is 0 Å². The van der Waals surface area contributed by atoms with Crippen molar-refractivity contribution in [1.82, 2.24) is 9.13 Å². The first kappa shape index (κ1) is 15.7. The molecule has 1 aromatic heterocycles. The van der Waals surface area contributed by atoms with Gasteiger partial charge in [0.1, 0.15) is 11.5 Å². The molecule has 7 nitrogen and oxygen atoms in total. The van der Waals surface area contributed by atoms with Crippen molar-refractivity contribution in [2.75, 3.05) is 12.4 Å². The van der Waals surface area contributed by atoms with Crippen LogP contribution < -0.4 is 15.7 Å². The van der Waals surface area contributed by atoms with Crippen molar-refractivity contribution >= 4 is 22.6 Å². The molecule has 0 atom stereocenters. The molecule has 1 heterocycles. The van der Waals surface area contributed by atoms with E-state index in [9.17, 15) is 14.7 Å². The molecule has 0 aliphatic rings. The van der Waals surface area contributed by atoms with Gasteiger partial charge in [-0.2, -0.15) is 0 Å². The Bertz CT molecular complexity index is 1000. The molecule has 0 bridgehead atoms. The van der Waals surface area contributed by atoms with Crippen LogP contribution in [0.3, 0.4) is 0 Å². The zero-order valence-electron chi connectivity index (χ0n) is 13.5. The van der Waals surface area contributed by atoms with Crippen LogP contribution in [0.25, 0.3) is 11.0 Å². The lowest BCUT2D eigenvalue weighted by atomic mass is 10.2. The lowest BCUT2D eigenvalue weighted by molar-refractivity contribution is 0.102. The van der Waals surface area contributed by atoms with Gasteiger partial charge in [-0.05, 0) is 24.3 Å². The molecular weight excluding hydrogens is 310 g/mol. The van der Waals surface area contributed by atoms with Crippen LogP contribution in [-0.4, -0.2) is 27.3 Å². The quantitative estimate of drug-likeness (QED) is 0.719. The number of carbonyl (C=O) groups is 1. The monoisotopic (exact) mass is 327 g/mol. The number of benzene rings is 2. The maximum absolute atomic E-state index is 12.4. The van der Waals surface area contributed by atoms with Crippen LogP contribution in [0.2, 0.25) is 0 Å². The Morgan fingerprint density at radius 2 is 1.79 bits per heavy atom. The van der Waals surface area contributed by atoms with Gasteiger partial charge >= 0.3 is 5.69 Å². The van der Waals surface area contributed by atoms with Gasteiger partial charge in [0, 0.05) is 25.7 Å². The highest BCUT2D eigenvalue weighted by molar-refractivity contribution is 6.06. The van der Waals surface area contributed by atoms with Crippen molar-refractivity contribution in [3.8, 4) is 11.5 Å². The van der Waals surface area contributed by atoms with Gasteiger partial charge in [0.2, 0.25) is 0 Å². The molecule has 3 rings (SSSR count). The summed E-state index contributed by atoms with van der Waals surface area (Å²) in [6.45, 7) is 0. The van der Waals surface area contributed by atoms with E-state index in [1.54, 1.807) is 44.4 Å². The third-order valence-corrected chi connectivity index (χ3v) is 3.97. The third kappa shape index (κ3) is 2.50. The number of aromatic hydroxyl groups is 1. The SMILES string of the molecule is COc1cccc(C(=O)Nc2cc3c(cc2O)n(C)c(=O)n3C)c1. The smallest absolute Gasteiger partial charge is 0.328 e. The molecule has 0 radical (unpaired) electrons. The summed E-state index contributed by atoms with van der Waals surface area (Å²) in [5.74, 6) is 0.0669. The molecule has 0 saturated heterocycles. The molecule has 0 saturated carbocycles. The molecule has 3 aromatic rings. The number of aryl methyl sites for hydroxylation is 2. The van der Waals surface area contributed by atoms with E-state index in [0.717, 1.165) is 0 Å². The van der Waals surface area contributed by atoms with Crippen molar-refractivity contribution in [2.45, 2.75) is 0 Å². The fourth-order valence-corrected chi connectivity index (χ4v) is 2.59. The summed E-state index contributed by atoms with van der Waals surface area (Å²) in [6, 6.07) is 9.72. The Morgan fingerprint density at radius 3 is 2.46 bits per heavy atom. The number of hydrogen-bond donors (Lipinski definition) is 2. The first-order chi connectivity index (χ1) is 11.4. The Hall–Kier alpha value is -3.22. The van der Waals surface area contributed by atoms with E-state index in [1.165, 1.54) is 22.3 Å². The Morgan fingerprint density at radius 1 is 1.12 bits per heavy atom. The maximum Gasteiger partial charge on any atom is 0.328 e. The van der Waals surface area contributed by atoms with E-state index in [0.29, 0.717) is 22.3 Å². The van der Waals surface area contributed by atoms with Crippen LogP contribution in [0.15, 0.2) is 41.2 Å². The highest BCUT2D eigenvalue weighted by Gasteiger charge is 2.15. The van der Waals surface area contributed by atoms with Gasteiger partial charge in [0.25, 0.3) is 5.91 Å². The van der Waals surface area contributed by atoms with Gasteiger partial charge in [-0.15, -0.1) is 0 Å². The molecule has 1 amide bonds. The second-order valence-corrected chi connectivity index (χ2v) is 5.44. The summed E-state index contributed by atoms with van der Waals surface area (Å²) in [5, 5.41) is 12.8. The number of phenols is 1. The number of carbonyl (C=O) groups excluding carboxylic acids is 1. The average Bonchev–Trinajstić information content (AvgIpc) is 2.79. The number of fused-ring (bicyclic) bond motifs is 1. The highest BCUT2D eigenvalue weighted by Crippen LogP contribution is 2.29. The van der Waals surface area contributed by atoms with Crippen molar-refractivity contribution in [3.05, 3.63) is 52.4 Å². The summed E-state index contributed by atoms with van der Waals surface area (Å²) < 4.78 is 7.99. The first-order valence-corrected chi connectivity index (χ1v) is 7.26. The number of ether oxygens (including phenoxy) is 1. The Labute approximate surface area is 137 Å². The minimum atomic E-state index is -0.385. The van der Waals surface area contributed by atoms with E-state index in [1.807, 2.05) is 0 Å². The molecule has 0 aliphatic heterocycles. The summed E-state index contributed by atoms with van der Waals surface area (Å²) in [7, 11) is 4.78. The Balaban J connectivity index is 2.00. The number of imidazole rings is 1. The molecule has 7 heteroatoms. The van der Waals surface area contributed by atoms with E-state index < -0.39 is 0 Å². The van der Waals surface area contributed by atoms with Gasteiger partial charge in [-0.25, -0.2) is 4.79 Å². The lowest BCUT2D eigenvalue weighted by Crippen LogP contribution is -2.19. The predicted molar refractivity (Wildman–Crippen MR) is 90.8 cm³/mol. The minimum absolute atomic E-state index is 0.111. The molecule has 2 N–H and O–H groups in total. The second kappa shape index (κ2) is 5.77. The number of rotatable bonds is 3. The largest absolute Gasteiger partial charge is 0.506 e. The number of phenolic OH excluding ortho intramolecular Hbond substituents is 1. The van der Waals surface area contributed by atoms with Gasteiger partial charge < -0.3 is 15.2 Å². The molecule has 0 fully saturated rings. The molecule has 0 spiro atoms. The number of nitrogens with zero attached hydrogens (tertiary/aromatic N) is 2. The first-order valence-electron chi connectivity index (χ1n) is 7.26. The number of nitrogens with one attached hydrogen (secondary N) is 1. The molecular formula is C17H17N3O4. The zero-order chi connectivity index (χ0) is 17.4. The fourth-order valence-electron chi connectivity index (χ4n) is 2.59. The van der Waals surface area contributed by atoms with Gasteiger partial charge in [0.15, 0.2) is 0 Å². The molecule has 0 aliphatic carbocycles. The van der Waals surface area contributed by atoms with E-state index in [4.69, 9.17) is 4.74 Å². The van der Waals surface area contributed by atoms with Gasteiger partial charge in [-0.1, -0.05) is 6.07 Å². The summed E-state index contributed by atoms with van der Waals surface area (Å²) in [6.07, 6.45) is 0. The standard InChI is InChI=1S/C17H17N3O4/c1-19-13-8-12(15(21)9-14(13)20(2)17(19)23)18-16(22)10-5-4-6-11(7-10)24-3/h4-9,21H,1-3H3,(H,18,22). The number of hydrogen-bond acceptors (Lipinski definition) is 4. The number of amides is 1. The van der Waals surface area contributed by atoms with Crippen LogP contribution in [-0.2, 0) is 14.1 Å². The van der Waals surface area contributed by atoms with Crippen LogP contribution in [0.4, 0.5) is 5.69 Å². The zero-order valence-corrected chi connectivity index (χ0v) is 13.5. The van der Waals surface area contributed by atoms with Crippen molar-refractivity contribution < 1.29 is 14.6 Å². The molecule has 124 valence electrons. The Kier molecular flexibility index (Phi) is 3.76. The summed E-state index contributed by atoms with van der Waals surface area (Å²) >= 11 is 0. The molecule has 2 aromatic carbocycles. The maximum atomic E-state index is 12.4. The summed E-state index contributed by atoms with van der Waals surface area (Å²) in [5.41, 5.74) is 1.62. The highest BCUT2D eigenvalue weighted by atomic mass is 16.5. The lowest BCUT2D eigenvalue weighted by Gasteiger charge is -2.09. The number of aromatic nitrogens is 2. The molecule has 24 heavy (non-hydrogen) atoms. The van der Waals surface area contributed by atoms with E-state index in [2.05, 4.69) is 5.32 Å². The summed E-state index contributed by atoms with van der Waals surface area (Å²) in [4.78, 5) is 24.3. The van der Waals surface area contributed by atoms with Crippen LogP contribution in [0, 0.1) is 0 Å². The number of anilines is 1. The van der Waals surface area contributed by atoms with Gasteiger partial charge in [-0.3, -0.25) is 13.9 Å². The van der Waals surface area contributed by atoms with Crippen molar-refractivity contribution in [3.63, 3.8) is 0 Å². The van der Waals surface area contributed by atoms with Gasteiger partial charge in [0.05, 0.1) is 23.8 Å². The average molecular weight is 327 g/mol. The molecule has 0 unspecified atom stereocenters. The van der Waals surface area contributed by atoms with Crippen molar-refractivity contribution in [2.24, 2.45) is 14.1 Å². The topological polar surface area (TPSA) is 85.5 Å². The second-order valence-electron chi connectivity index (χ2n) is 5.44. The van der Waals surface area contributed by atoms with Crippen LogP contribution in [0.5, 0.6) is 11.5 Å². The van der Waals surface area contributed by atoms with E-state index in [-0.39, 0.29) is 23.0 Å². The van der Waals surface area contributed by atoms with Crippen molar-refractivity contribution in [1.29, 1.82) is 0 Å². The number of methoxy groups -OCH3 is 1. The predicted octanol–water partition coefficient (Wildman–Crippen LogP) is 1.84. The minimum Gasteiger partial charge on any atom is -0.506 e. The van der Waals surface area contributed by atoms with E-state index >= 15 is 0 Å². The van der Waals surface area contributed by atoms with Crippen LogP contribution in [0.1, 0.15) is 10.4 Å².